The van der Waals surface area contributed by atoms with E-state index in [2.05, 4.69) is 5.32 Å². The van der Waals surface area contributed by atoms with Crippen LogP contribution in [0.5, 0.6) is 0 Å². The molecule has 0 spiro atoms. The average Bonchev–Trinajstić information content (AvgIpc) is 2.36. The van der Waals surface area contributed by atoms with E-state index in [4.69, 9.17) is 10.8 Å². The summed E-state index contributed by atoms with van der Waals surface area (Å²) in [5.41, 5.74) is 5.72. The van der Waals surface area contributed by atoms with Gasteiger partial charge in [-0.05, 0) is 18.9 Å². The van der Waals surface area contributed by atoms with E-state index in [9.17, 15) is 4.79 Å². The molecule has 0 bridgehead atoms. The van der Waals surface area contributed by atoms with Crippen molar-refractivity contribution in [1.82, 2.24) is 5.32 Å². The van der Waals surface area contributed by atoms with Crippen LogP contribution in [0, 0.1) is 0 Å². The number of aliphatic hydroxyl groups is 1. The number of hydrogen-bond acceptors (Lipinski definition) is 3. The Balaban J connectivity index is 2.80. The zero-order valence-corrected chi connectivity index (χ0v) is 10.3. The summed E-state index contributed by atoms with van der Waals surface area (Å²) in [4.78, 5) is 12.0. The monoisotopic (exact) mass is 236 g/mol. The van der Waals surface area contributed by atoms with Gasteiger partial charge in [-0.2, -0.15) is 0 Å². The molecule has 94 valence electrons. The third-order valence-electron chi connectivity index (χ3n) is 2.89. The predicted molar refractivity (Wildman–Crippen MR) is 67.3 cm³/mol. The Morgan fingerprint density at radius 1 is 1.47 bits per heavy atom. The smallest absolute Gasteiger partial charge is 0.244 e. The van der Waals surface area contributed by atoms with Gasteiger partial charge in [0, 0.05) is 0 Å². The first kappa shape index (κ1) is 13.7. The summed E-state index contributed by atoms with van der Waals surface area (Å²) in [5, 5.41) is 11.8. The van der Waals surface area contributed by atoms with E-state index in [0.29, 0.717) is 6.42 Å². The number of amides is 1. The molecule has 0 aliphatic heterocycles. The molecule has 1 aromatic carbocycles. The van der Waals surface area contributed by atoms with Crippen molar-refractivity contribution in [2.45, 2.75) is 31.8 Å². The van der Waals surface area contributed by atoms with Gasteiger partial charge >= 0.3 is 0 Å². The minimum Gasteiger partial charge on any atom is -0.394 e. The van der Waals surface area contributed by atoms with Crippen molar-refractivity contribution in [2.24, 2.45) is 5.73 Å². The third kappa shape index (κ3) is 3.28. The molecule has 0 saturated heterocycles. The fourth-order valence-corrected chi connectivity index (χ4v) is 1.53. The van der Waals surface area contributed by atoms with E-state index in [1.54, 1.807) is 6.92 Å². The molecule has 2 unspecified atom stereocenters. The Kier molecular flexibility index (Phi) is 4.66. The van der Waals surface area contributed by atoms with Crippen LogP contribution in [0.3, 0.4) is 0 Å². The Bertz CT molecular complexity index is 359. The van der Waals surface area contributed by atoms with Gasteiger partial charge in [0.2, 0.25) is 5.91 Å². The molecule has 0 aliphatic rings. The van der Waals surface area contributed by atoms with Crippen LogP contribution in [0.25, 0.3) is 0 Å². The molecule has 4 nitrogen and oxygen atoms in total. The molecule has 0 radical (unpaired) electrons. The SMILES string of the molecule is CCC(CO)NC(=O)C(C)(N)c1ccccc1. The maximum atomic E-state index is 12.0. The van der Waals surface area contributed by atoms with Gasteiger partial charge < -0.3 is 16.2 Å². The highest BCUT2D eigenvalue weighted by atomic mass is 16.3. The van der Waals surface area contributed by atoms with Gasteiger partial charge in [0.05, 0.1) is 12.6 Å². The second-order valence-corrected chi connectivity index (χ2v) is 4.33. The van der Waals surface area contributed by atoms with Crippen LogP contribution in [-0.2, 0) is 10.3 Å². The Labute approximate surface area is 102 Å². The van der Waals surface area contributed by atoms with Crippen molar-refractivity contribution in [2.75, 3.05) is 6.61 Å². The van der Waals surface area contributed by atoms with Gasteiger partial charge in [-0.15, -0.1) is 0 Å². The number of rotatable bonds is 5. The fourth-order valence-electron chi connectivity index (χ4n) is 1.53. The minimum atomic E-state index is -1.08. The van der Waals surface area contributed by atoms with Gasteiger partial charge in [0.15, 0.2) is 0 Å². The quantitative estimate of drug-likeness (QED) is 0.706. The third-order valence-corrected chi connectivity index (χ3v) is 2.89. The van der Waals surface area contributed by atoms with Crippen molar-refractivity contribution in [1.29, 1.82) is 0 Å². The lowest BCUT2D eigenvalue weighted by Crippen LogP contribution is -2.52. The molecule has 2 atom stereocenters. The summed E-state index contributed by atoms with van der Waals surface area (Å²) < 4.78 is 0. The Morgan fingerprint density at radius 3 is 2.53 bits per heavy atom. The van der Waals surface area contributed by atoms with Gasteiger partial charge in [-0.25, -0.2) is 0 Å². The molecule has 0 aliphatic carbocycles. The second-order valence-electron chi connectivity index (χ2n) is 4.33. The number of hydrogen-bond donors (Lipinski definition) is 3. The highest BCUT2D eigenvalue weighted by molar-refractivity contribution is 5.87. The minimum absolute atomic E-state index is 0.0763. The topological polar surface area (TPSA) is 75.3 Å². The van der Waals surface area contributed by atoms with Crippen molar-refractivity contribution in [3.8, 4) is 0 Å². The summed E-state index contributed by atoms with van der Waals surface area (Å²) in [6, 6.07) is 8.96. The molecule has 0 heterocycles. The maximum absolute atomic E-state index is 12.0. The molecule has 4 N–H and O–H groups in total. The van der Waals surface area contributed by atoms with E-state index in [0.717, 1.165) is 5.56 Å². The highest BCUT2D eigenvalue weighted by Crippen LogP contribution is 2.17. The van der Waals surface area contributed by atoms with E-state index >= 15 is 0 Å². The number of aliphatic hydroxyl groups excluding tert-OH is 1. The summed E-state index contributed by atoms with van der Waals surface area (Å²) in [5.74, 6) is -0.274. The zero-order valence-electron chi connectivity index (χ0n) is 10.3. The molecule has 1 rings (SSSR count). The van der Waals surface area contributed by atoms with E-state index < -0.39 is 5.54 Å². The molecular weight excluding hydrogens is 216 g/mol. The van der Waals surface area contributed by atoms with Crippen molar-refractivity contribution < 1.29 is 9.90 Å². The Morgan fingerprint density at radius 2 is 2.06 bits per heavy atom. The lowest BCUT2D eigenvalue weighted by atomic mass is 9.92. The van der Waals surface area contributed by atoms with Gasteiger partial charge in [-0.3, -0.25) is 4.79 Å². The van der Waals surface area contributed by atoms with Crippen LogP contribution >= 0.6 is 0 Å². The summed E-state index contributed by atoms with van der Waals surface area (Å²) in [6.07, 6.45) is 0.674. The van der Waals surface area contributed by atoms with Gasteiger partial charge in [0.25, 0.3) is 0 Å². The van der Waals surface area contributed by atoms with Crippen LogP contribution in [-0.4, -0.2) is 23.7 Å². The normalized spacial score (nSPS) is 16.0. The van der Waals surface area contributed by atoms with Crippen LogP contribution in [0.1, 0.15) is 25.8 Å². The number of benzene rings is 1. The maximum Gasteiger partial charge on any atom is 0.244 e. The summed E-state index contributed by atoms with van der Waals surface area (Å²) >= 11 is 0. The predicted octanol–water partition coefficient (Wildman–Crippen LogP) is 0.748. The van der Waals surface area contributed by atoms with Crippen molar-refractivity contribution in [3.63, 3.8) is 0 Å². The number of nitrogens with one attached hydrogen (secondary N) is 1. The van der Waals surface area contributed by atoms with Gasteiger partial charge in [0.1, 0.15) is 5.54 Å². The van der Waals surface area contributed by atoms with Crippen molar-refractivity contribution >= 4 is 5.91 Å². The lowest BCUT2D eigenvalue weighted by molar-refractivity contribution is -0.127. The van der Waals surface area contributed by atoms with Crippen LogP contribution in [0.2, 0.25) is 0 Å². The first-order valence-corrected chi connectivity index (χ1v) is 5.78. The van der Waals surface area contributed by atoms with Crippen LogP contribution in [0.4, 0.5) is 0 Å². The first-order valence-electron chi connectivity index (χ1n) is 5.78. The summed E-state index contributed by atoms with van der Waals surface area (Å²) in [7, 11) is 0. The highest BCUT2D eigenvalue weighted by Gasteiger charge is 2.31. The molecule has 4 heteroatoms. The first-order chi connectivity index (χ1) is 8.02. The molecule has 0 aromatic heterocycles. The van der Waals surface area contributed by atoms with Crippen LogP contribution < -0.4 is 11.1 Å². The molecule has 1 amide bonds. The molecule has 17 heavy (non-hydrogen) atoms. The zero-order chi connectivity index (χ0) is 12.9. The number of carbonyl (C=O) groups is 1. The van der Waals surface area contributed by atoms with E-state index in [1.165, 1.54) is 0 Å². The fraction of sp³-hybridized carbons (Fsp3) is 0.462. The second kappa shape index (κ2) is 5.80. The number of carbonyl (C=O) groups excluding carboxylic acids is 1. The van der Waals surface area contributed by atoms with Gasteiger partial charge in [-0.1, -0.05) is 37.3 Å². The van der Waals surface area contributed by atoms with Crippen molar-refractivity contribution in [3.05, 3.63) is 35.9 Å². The largest absolute Gasteiger partial charge is 0.394 e. The molecule has 0 fully saturated rings. The Hall–Kier alpha value is -1.39. The average molecular weight is 236 g/mol. The summed E-state index contributed by atoms with van der Waals surface area (Å²) in [6.45, 7) is 3.49. The van der Waals surface area contributed by atoms with E-state index in [1.807, 2.05) is 37.3 Å². The number of nitrogens with two attached hydrogens (primary N) is 1. The van der Waals surface area contributed by atoms with Crippen LogP contribution in [0.15, 0.2) is 30.3 Å². The standard InChI is InChI=1S/C13H20N2O2/c1-3-11(9-16)15-12(17)13(2,14)10-7-5-4-6-8-10/h4-8,11,16H,3,9,14H2,1-2H3,(H,15,17). The lowest BCUT2D eigenvalue weighted by Gasteiger charge is -2.26. The molecule has 1 aromatic rings. The molecular formula is C13H20N2O2. The van der Waals surface area contributed by atoms with E-state index in [-0.39, 0.29) is 18.6 Å². The molecule has 0 saturated carbocycles.